The van der Waals surface area contributed by atoms with Crippen molar-refractivity contribution in [3.8, 4) is 0 Å². The lowest BCUT2D eigenvalue weighted by atomic mass is 10.0. The Balaban J connectivity index is 0.00000220. The highest BCUT2D eigenvalue weighted by atomic mass is 35.5. The Labute approximate surface area is 127 Å². The van der Waals surface area contributed by atoms with Crippen molar-refractivity contribution in [2.24, 2.45) is 11.7 Å². The molecule has 21 heavy (non-hydrogen) atoms. The van der Waals surface area contributed by atoms with E-state index in [-0.39, 0.29) is 30.4 Å². The number of hydrogen-bond acceptors (Lipinski definition) is 2. The van der Waals surface area contributed by atoms with Gasteiger partial charge in [0.05, 0.1) is 12.0 Å². The molecule has 0 aliphatic heterocycles. The molecule has 118 valence electrons. The molecular weight excluding hydrogens is 305 g/mol. The van der Waals surface area contributed by atoms with E-state index in [0.717, 1.165) is 18.9 Å². The maximum Gasteiger partial charge on any atom is 0.416 e. The Hall–Kier alpha value is -1.27. The van der Waals surface area contributed by atoms with Crippen LogP contribution in [0.1, 0.15) is 24.0 Å². The van der Waals surface area contributed by atoms with Gasteiger partial charge in [-0.3, -0.25) is 4.79 Å². The first-order valence-electron chi connectivity index (χ1n) is 6.56. The summed E-state index contributed by atoms with van der Waals surface area (Å²) in [6.45, 7) is 0.317. The van der Waals surface area contributed by atoms with Crippen LogP contribution < -0.4 is 11.1 Å². The number of benzene rings is 1. The highest BCUT2D eigenvalue weighted by Crippen LogP contribution is 2.33. The van der Waals surface area contributed by atoms with E-state index in [1.807, 2.05) is 0 Å². The molecule has 1 amide bonds. The standard InChI is InChI=1S/C14H17F3N2O.ClH/c15-14(16,17)11-4-2-1-3-10(11)7-13(20)19-12(8-18)9-5-6-9;/h1-4,9,12H,5-8,18H2,(H,19,20);1H. The summed E-state index contributed by atoms with van der Waals surface area (Å²) in [5, 5.41) is 2.72. The molecule has 1 aromatic rings. The largest absolute Gasteiger partial charge is 0.416 e. The van der Waals surface area contributed by atoms with Crippen molar-refractivity contribution in [1.82, 2.24) is 5.32 Å². The minimum absolute atomic E-state index is 0. The second-order valence-corrected chi connectivity index (χ2v) is 5.08. The van der Waals surface area contributed by atoms with Crippen molar-refractivity contribution in [1.29, 1.82) is 0 Å². The average Bonchev–Trinajstić information content (AvgIpc) is 3.19. The number of rotatable bonds is 5. The lowest BCUT2D eigenvalue weighted by Crippen LogP contribution is -2.42. The summed E-state index contributed by atoms with van der Waals surface area (Å²) in [6.07, 6.45) is -2.69. The van der Waals surface area contributed by atoms with E-state index >= 15 is 0 Å². The molecule has 3 N–H and O–H groups in total. The molecule has 1 atom stereocenters. The van der Waals surface area contributed by atoms with Crippen LogP contribution in [0, 0.1) is 5.92 Å². The summed E-state index contributed by atoms with van der Waals surface area (Å²) in [5.74, 6) is -0.0362. The first kappa shape index (κ1) is 17.8. The SMILES string of the molecule is Cl.NCC(NC(=O)Cc1ccccc1C(F)(F)F)C1CC1. The van der Waals surface area contributed by atoms with E-state index in [1.165, 1.54) is 18.2 Å². The molecule has 0 bridgehead atoms. The summed E-state index contributed by atoms with van der Waals surface area (Å²) in [5.41, 5.74) is 4.79. The summed E-state index contributed by atoms with van der Waals surface area (Å²) in [6, 6.07) is 5.01. The second-order valence-electron chi connectivity index (χ2n) is 5.08. The average molecular weight is 323 g/mol. The predicted octanol–water partition coefficient (Wildman–Crippen LogP) is 2.52. The lowest BCUT2D eigenvalue weighted by Gasteiger charge is -2.17. The number of alkyl halides is 3. The summed E-state index contributed by atoms with van der Waals surface area (Å²) >= 11 is 0. The summed E-state index contributed by atoms with van der Waals surface area (Å²) < 4.78 is 38.4. The molecule has 1 aliphatic carbocycles. The van der Waals surface area contributed by atoms with Gasteiger partial charge < -0.3 is 11.1 Å². The molecule has 0 spiro atoms. The number of nitrogens with two attached hydrogens (primary N) is 1. The Morgan fingerprint density at radius 3 is 2.48 bits per heavy atom. The molecule has 0 heterocycles. The third kappa shape index (κ3) is 4.89. The van der Waals surface area contributed by atoms with Crippen LogP contribution in [-0.2, 0) is 17.4 Å². The van der Waals surface area contributed by atoms with E-state index < -0.39 is 17.6 Å². The van der Waals surface area contributed by atoms with Crippen LogP contribution in [-0.4, -0.2) is 18.5 Å². The maximum absolute atomic E-state index is 12.8. The number of hydrogen-bond donors (Lipinski definition) is 2. The van der Waals surface area contributed by atoms with Gasteiger partial charge in [-0.1, -0.05) is 18.2 Å². The van der Waals surface area contributed by atoms with E-state index in [1.54, 1.807) is 0 Å². The van der Waals surface area contributed by atoms with Crippen molar-refractivity contribution >= 4 is 18.3 Å². The number of carbonyl (C=O) groups is 1. The molecule has 1 aliphatic rings. The fourth-order valence-electron chi connectivity index (χ4n) is 2.25. The Bertz CT molecular complexity index is 489. The third-order valence-corrected chi connectivity index (χ3v) is 3.47. The third-order valence-electron chi connectivity index (χ3n) is 3.47. The fourth-order valence-corrected chi connectivity index (χ4v) is 2.25. The quantitative estimate of drug-likeness (QED) is 0.875. The second kappa shape index (κ2) is 7.13. The van der Waals surface area contributed by atoms with Gasteiger partial charge >= 0.3 is 6.18 Å². The van der Waals surface area contributed by atoms with Crippen LogP contribution in [0.4, 0.5) is 13.2 Å². The van der Waals surface area contributed by atoms with Gasteiger partial charge in [-0.05, 0) is 30.4 Å². The Kier molecular flexibility index (Phi) is 6.04. The molecule has 0 saturated heterocycles. The van der Waals surface area contributed by atoms with Gasteiger partial charge in [0.2, 0.25) is 5.91 Å². The molecule has 2 rings (SSSR count). The first-order valence-corrected chi connectivity index (χ1v) is 6.56. The van der Waals surface area contributed by atoms with E-state index in [2.05, 4.69) is 5.32 Å². The lowest BCUT2D eigenvalue weighted by molar-refractivity contribution is -0.138. The zero-order chi connectivity index (χ0) is 14.8. The first-order chi connectivity index (χ1) is 9.41. The van der Waals surface area contributed by atoms with Crippen molar-refractivity contribution in [3.63, 3.8) is 0 Å². The fraction of sp³-hybridized carbons (Fsp3) is 0.500. The van der Waals surface area contributed by atoms with Gasteiger partial charge in [-0.25, -0.2) is 0 Å². The number of halogens is 4. The summed E-state index contributed by atoms with van der Waals surface area (Å²) in [4.78, 5) is 11.9. The number of carbonyl (C=O) groups excluding carboxylic acids is 1. The van der Waals surface area contributed by atoms with Crippen LogP contribution in [0.15, 0.2) is 24.3 Å². The van der Waals surface area contributed by atoms with Gasteiger partial charge in [0.1, 0.15) is 0 Å². The molecule has 1 saturated carbocycles. The normalized spacial score (nSPS) is 16.0. The minimum atomic E-state index is -4.44. The van der Waals surface area contributed by atoms with Crippen LogP contribution in [0.3, 0.4) is 0 Å². The Morgan fingerprint density at radius 1 is 1.33 bits per heavy atom. The van der Waals surface area contributed by atoms with Crippen molar-refractivity contribution in [2.45, 2.75) is 31.5 Å². The zero-order valence-electron chi connectivity index (χ0n) is 11.3. The smallest absolute Gasteiger partial charge is 0.352 e. The topological polar surface area (TPSA) is 55.1 Å². The van der Waals surface area contributed by atoms with Crippen LogP contribution >= 0.6 is 12.4 Å². The molecule has 3 nitrogen and oxygen atoms in total. The van der Waals surface area contributed by atoms with E-state index in [4.69, 9.17) is 5.73 Å². The molecular formula is C14H18ClF3N2O. The molecule has 1 aromatic carbocycles. The van der Waals surface area contributed by atoms with Crippen molar-refractivity contribution in [2.75, 3.05) is 6.54 Å². The van der Waals surface area contributed by atoms with Crippen molar-refractivity contribution < 1.29 is 18.0 Å². The van der Waals surface area contributed by atoms with Gasteiger partial charge in [0.25, 0.3) is 0 Å². The van der Waals surface area contributed by atoms with Gasteiger partial charge in [0.15, 0.2) is 0 Å². The highest BCUT2D eigenvalue weighted by molar-refractivity contribution is 5.85. The zero-order valence-corrected chi connectivity index (χ0v) is 12.1. The van der Waals surface area contributed by atoms with Gasteiger partial charge in [0, 0.05) is 12.6 Å². The van der Waals surface area contributed by atoms with E-state index in [0.29, 0.717) is 12.5 Å². The molecule has 7 heteroatoms. The molecule has 1 unspecified atom stereocenters. The van der Waals surface area contributed by atoms with Crippen molar-refractivity contribution in [3.05, 3.63) is 35.4 Å². The Morgan fingerprint density at radius 2 is 1.95 bits per heavy atom. The predicted molar refractivity (Wildman–Crippen MR) is 76.1 cm³/mol. The molecule has 1 fully saturated rings. The van der Waals surface area contributed by atoms with Crippen LogP contribution in [0.25, 0.3) is 0 Å². The summed E-state index contributed by atoms with van der Waals surface area (Å²) in [7, 11) is 0. The van der Waals surface area contributed by atoms with E-state index in [9.17, 15) is 18.0 Å². The van der Waals surface area contributed by atoms with Gasteiger partial charge in [-0.15, -0.1) is 12.4 Å². The maximum atomic E-state index is 12.8. The molecule has 0 radical (unpaired) electrons. The monoisotopic (exact) mass is 322 g/mol. The van der Waals surface area contributed by atoms with Crippen LogP contribution in [0.5, 0.6) is 0 Å². The highest BCUT2D eigenvalue weighted by Gasteiger charge is 2.34. The number of amides is 1. The number of nitrogens with one attached hydrogen (secondary N) is 1. The minimum Gasteiger partial charge on any atom is -0.352 e. The molecule has 0 aromatic heterocycles. The van der Waals surface area contributed by atoms with Crippen LogP contribution in [0.2, 0.25) is 0 Å². The van der Waals surface area contributed by atoms with Gasteiger partial charge in [-0.2, -0.15) is 13.2 Å².